The molecule has 0 heterocycles. The third-order valence-corrected chi connectivity index (χ3v) is 4.57. The van der Waals surface area contributed by atoms with Crippen molar-refractivity contribution in [3.8, 4) is 5.75 Å². The Morgan fingerprint density at radius 3 is 2.56 bits per heavy atom. The first-order valence-corrected chi connectivity index (χ1v) is 8.88. The number of benzene rings is 2. The van der Waals surface area contributed by atoms with E-state index in [9.17, 15) is 0 Å². The second-order valence-corrected chi connectivity index (χ2v) is 6.93. The molecule has 25 heavy (non-hydrogen) atoms. The normalized spacial score (nSPS) is 11.9. The monoisotopic (exact) mass is 358 g/mol. The van der Waals surface area contributed by atoms with E-state index in [4.69, 9.17) is 17.0 Å². The molecule has 0 amide bonds. The van der Waals surface area contributed by atoms with Gasteiger partial charge in [-0.3, -0.25) is 0 Å². The Hall–Kier alpha value is -2.11. The van der Waals surface area contributed by atoms with Crippen LogP contribution in [0.2, 0.25) is 0 Å². The molecule has 0 fully saturated rings. The van der Waals surface area contributed by atoms with Gasteiger partial charge in [0.2, 0.25) is 0 Å². The summed E-state index contributed by atoms with van der Waals surface area (Å²) in [7, 11) is 5.99. The fourth-order valence-corrected chi connectivity index (χ4v) is 3.00. The van der Waals surface area contributed by atoms with Crippen molar-refractivity contribution in [2.75, 3.05) is 33.1 Å². The van der Waals surface area contributed by atoms with Crippen LogP contribution in [0, 0.1) is 13.8 Å². The van der Waals surface area contributed by atoms with Crippen molar-refractivity contribution in [2.24, 2.45) is 0 Å². The molecule has 0 aliphatic carbocycles. The molecular weight excluding hydrogens is 330 g/mol. The largest absolute Gasteiger partial charge is 0.496 e. The summed E-state index contributed by atoms with van der Waals surface area (Å²) in [4.78, 5) is 1.31. The summed E-state index contributed by atoms with van der Waals surface area (Å²) in [6.07, 6.45) is 0. The third-order valence-electron chi connectivity index (χ3n) is 4.32. The quantitative estimate of drug-likeness (QED) is 0.694. The van der Waals surface area contributed by atoms with Crippen LogP contribution in [0.15, 0.2) is 42.5 Å². The summed E-state index contributed by atoms with van der Waals surface area (Å²) in [6, 6.07) is 14.7. The Labute approximate surface area is 156 Å². The molecule has 0 spiro atoms. The maximum atomic E-state index is 5.52. The van der Waals surface area contributed by atoms with Gasteiger partial charge in [-0.1, -0.05) is 24.3 Å². The zero-order valence-corrected chi connectivity index (χ0v) is 16.5. The lowest BCUT2D eigenvalue weighted by molar-refractivity contribution is -0.890. The van der Waals surface area contributed by atoms with Crippen LogP contribution in [0.25, 0.3) is 0 Å². The van der Waals surface area contributed by atoms with Gasteiger partial charge in [0.15, 0.2) is 5.11 Å². The Morgan fingerprint density at radius 1 is 1.16 bits per heavy atom. The minimum absolute atomic E-state index is 0.231. The summed E-state index contributed by atoms with van der Waals surface area (Å²) in [6.45, 7) is 4.87. The van der Waals surface area contributed by atoms with Gasteiger partial charge in [-0.15, -0.1) is 0 Å². The number of rotatable bonds is 6. The highest BCUT2D eigenvalue weighted by atomic mass is 32.1. The minimum Gasteiger partial charge on any atom is -0.496 e. The summed E-state index contributed by atoms with van der Waals surface area (Å²) < 4.78 is 5.52. The van der Waals surface area contributed by atoms with Crippen LogP contribution in [0.5, 0.6) is 5.75 Å². The fourth-order valence-electron chi connectivity index (χ4n) is 2.81. The lowest BCUT2D eigenvalue weighted by Crippen LogP contribution is -3.07. The van der Waals surface area contributed by atoms with Gasteiger partial charge in [0.1, 0.15) is 11.8 Å². The molecule has 0 bridgehead atoms. The number of likely N-dealkylation sites (N-methyl/N-ethyl adjacent to an activating group) is 1. The first kappa shape index (κ1) is 19.2. The second kappa shape index (κ2) is 8.83. The molecule has 0 aromatic heterocycles. The summed E-state index contributed by atoms with van der Waals surface area (Å²) in [5.74, 6) is 0.906. The van der Waals surface area contributed by atoms with Gasteiger partial charge in [-0.05, 0) is 55.4 Å². The number of thiocarbonyl (C=S) groups is 1. The molecule has 134 valence electrons. The summed E-state index contributed by atoms with van der Waals surface area (Å²) >= 11 is 5.49. The van der Waals surface area contributed by atoms with E-state index in [0.29, 0.717) is 5.11 Å². The zero-order chi connectivity index (χ0) is 18.4. The first-order chi connectivity index (χ1) is 11.9. The average Bonchev–Trinajstić information content (AvgIpc) is 2.58. The van der Waals surface area contributed by atoms with Crippen LogP contribution in [0.1, 0.15) is 22.7 Å². The molecule has 5 heteroatoms. The zero-order valence-electron chi connectivity index (χ0n) is 15.6. The lowest BCUT2D eigenvalue weighted by Gasteiger charge is -2.24. The van der Waals surface area contributed by atoms with Crippen LogP contribution in [0.3, 0.4) is 0 Å². The number of anilines is 1. The SMILES string of the molecule is COc1ccccc1[C@H](CNC(=S)Nc1cc(C)ccc1C)[NH+](C)C. The number of ether oxygens (including phenoxy) is 1. The highest BCUT2D eigenvalue weighted by molar-refractivity contribution is 7.80. The number of para-hydroxylation sites is 1. The van der Waals surface area contributed by atoms with E-state index < -0.39 is 0 Å². The van der Waals surface area contributed by atoms with Gasteiger partial charge in [0.25, 0.3) is 0 Å². The van der Waals surface area contributed by atoms with Crippen molar-refractivity contribution in [1.82, 2.24) is 5.32 Å². The van der Waals surface area contributed by atoms with Gasteiger partial charge in [0.05, 0.1) is 33.3 Å². The van der Waals surface area contributed by atoms with Crippen molar-refractivity contribution in [3.05, 3.63) is 59.2 Å². The molecular formula is C20H28N3OS+. The van der Waals surface area contributed by atoms with E-state index in [1.807, 2.05) is 18.2 Å². The molecule has 2 aromatic carbocycles. The maximum Gasteiger partial charge on any atom is 0.171 e. The van der Waals surface area contributed by atoms with Gasteiger partial charge in [-0.2, -0.15) is 0 Å². The van der Waals surface area contributed by atoms with Crippen molar-refractivity contribution in [2.45, 2.75) is 19.9 Å². The Kier molecular flexibility index (Phi) is 6.79. The standard InChI is InChI=1S/C20H27N3OS/c1-14-10-11-15(2)17(12-14)22-20(25)21-13-18(23(3)4)16-8-6-7-9-19(16)24-5/h6-12,18H,13H2,1-5H3,(H2,21,22,25)/p+1/t18-/m0/s1. The molecule has 4 nitrogen and oxygen atoms in total. The predicted molar refractivity (Wildman–Crippen MR) is 109 cm³/mol. The Balaban J connectivity index is 2.06. The molecule has 2 aromatic rings. The number of hydrogen-bond donors (Lipinski definition) is 3. The highest BCUT2D eigenvalue weighted by Crippen LogP contribution is 2.22. The molecule has 0 unspecified atom stereocenters. The molecule has 2 rings (SSSR count). The lowest BCUT2D eigenvalue weighted by atomic mass is 10.0. The van der Waals surface area contributed by atoms with Gasteiger partial charge in [-0.25, -0.2) is 0 Å². The number of aryl methyl sites for hydroxylation is 2. The van der Waals surface area contributed by atoms with E-state index in [1.54, 1.807) is 7.11 Å². The molecule has 0 aliphatic rings. The van der Waals surface area contributed by atoms with Crippen LogP contribution in [-0.2, 0) is 0 Å². The minimum atomic E-state index is 0.231. The van der Waals surface area contributed by atoms with Crippen molar-refractivity contribution in [3.63, 3.8) is 0 Å². The van der Waals surface area contributed by atoms with Crippen molar-refractivity contribution in [1.29, 1.82) is 0 Å². The van der Waals surface area contributed by atoms with E-state index in [-0.39, 0.29) is 6.04 Å². The van der Waals surface area contributed by atoms with Gasteiger partial charge in [0, 0.05) is 5.69 Å². The summed E-state index contributed by atoms with van der Waals surface area (Å²) in [5.41, 5.74) is 4.60. The van der Waals surface area contributed by atoms with Crippen LogP contribution >= 0.6 is 12.2 Å². The van der Waals surface area contributed by atoms with Crippen molar-refractivity contribution < 1.29 is 9.64 Å². The molecule has 1 atom stereocenters. The van der Waals surface area contributed by atoms with Gasteiger partial charge < -0.3 is 20.3 Å². The molecule has 0 aliphatic heterocycles. The van der Waals surface area contributed by atoms with E-state index >= 15 is 0 Å². The highest BCUT2D eigenvalue weighted by Gasteiger charge is 2.21. The maximum absolute atomic E-state index is 5.52. The predicted octanol–water partition coefficient (Wildman–Crippen LogP) is 2.48. The first-order valence-electron chi connectivity index (χ1n) is 8.47. The number of quaternary nitrogens is 1. The van der Waals surface area contributed by atoms with E-state index in [1.165, 1.54) is 21.6 Å². The number of hydrogen-bond acceptors (Lipinski definition) is 2. The number of methoxy groups -OCH3 is 1. The average molecular weight is 359 g/mol. The Bertz CT molecular complexity index is 731. The molecule has 3 N–H and O–H groups in total. The Morgan fingerprint density at radius 2 is 1.88 bits per heavy atom. The van der Waals surface area contributed by atoms with Crippen molar-refractivity contribution >= 4 is 23.0 Å². The molecule has 0 saturated carbocycles. The molecule has 0 saturated heterocycles. The van der Waals surface area contributed by atoms with E-state index in [0.717, 1.165) is 18.0 Å². The van der Waals surface area contributed by atoms with Crippen LogP contribution < -0.4 is 20.3 Å². The van der Waals surface area contributed by atoms with E-state index in [2.05, 4.69) is 62.8 Å². The molecule has 0 radical (unpaired) electrons. The smallest absolute Gasteiger partial charge is 0.171 e. The number of nitrogens with one attached hydrogen (secondary N) is 3. The third kappa shape index (κ3) is 5.18. The van der Waals surface area contributed by atoms with Crippen LogP contribution in [0.4, 0.5) is 5.69 Å². The topological polar surface area (TPSA) is 37.7 Å². The summed E-state index contributed by atoms with van der Waals surface area (Å²) in [5, 5.41) is 7.29. The van der Waals surface area contributed by atoms with Crippen LogP contribution in [-0.4, -0.2) is 32.9 Å². The van der Waals surface area contributed by atoms with Gasteiger partial charge >= 0.3 is 0 Å². The second-order valence-electron chi connectivity index (χ2n) is 6.53. The fraction of sp³-hybridized carbons (Fsp3) is 0.350.